The monoisotopic (exact) mass is 447 g/mol. The van der Waals surface area contributed by atoms with Crippen LogP contribution in [0.25, 0.3) is 0 Å². The van der Waals surface area contributed by atoms with Gasteiger partial charge in [0.25, 0.3) is 5.91 Å². The van der Waals surface area contributed by atoms with Gasteiger partial charge in [-0.15, -0.1) is 0 Å². The van der Waals surface area contributed by atoms with Gasteiger partial charge >= 0.3 is 0 Å². The maximum absolute atomic E-state index is 13.9. The topological polar surface area (TPSA) is 88.2 Å². The number of anilines is 2. The van der Waals surface area contributed by atoms with Gasteiger partial charge in [0.1, 0.15) is 5.54 Å². The molecule has 1 spiro atoms. The van der Waals surface area contributed by atoms with Gasteiger partial charge in [-0.3, -0.25) is 19.3 Å². The molecule has 2 aromatic carbocycles. The van der Waals surface area contributed by atoms with Gasteiger partial charge in [-0.05, 0) is 44.9 Å². The molecule has 2 fully saturated rings. The summed E-state index contributed by atoms with van der Waals surface area (Å²) in [6, 6.07) is 11.2. The zero-order chi connectivity index (χ0) is 22.9. The number of carbonyl (C=O) groups excluding carboxylic acids is 3. The van der Waals surface area contributed by atoms with Crippen molar-refractivity contribution in [3.8, 4) is 11.5 Å². The van der Waals surface area contributed by atoms with E-state index in [-0.39, 0.29) is 30.4 Å². The fourth-order valence-electron chi connectivity index (χ4n) is 6.22. The lowest BCUT2D eigenvalue weighted by Crippen LogP contribution is -2.55. The number of Topliss-reactive ketones (excluding diaryl/α,β-unsaturated/α-hetero) is 1. The third kappa shape index (κ3) is 2.64. The number of nitrogens with zero attached hydrogens (tertiary/aromatic N) is 2. The molecule has 0 unspecified atom stereocenters. The second-order valence-electron chi connectivity index (χ2n) is 9.22. The Hall–Kier alpha value is -3.39. The van der Waals surface area contributed by atoms with Gasteiger partial charge < -0.3 is 19.7 Å². The SMILES string of the molecule is CC(=O)c1cc2c(cc1NC(=O)[C@@H]1C[C@@H]3CCCN3[C@]13C(=O)N(C)c1ccccc13)OCO2. The first-order valence-electron chi connectivity index (χ1n) is 11.3. The van der Waals surface area contributed by atoms with Crippen LogP contribution in [0, 0.1) is 5.92 Å². The third-order valence-electron chi connectivity index (χ3n) is 7.62. The maximum Gasteiger partial charge on any atom is 0.252 e. The van der Waals surface area contributed by atoms with Gasteiger partial charge in [-0.25, -0.2) is 0 Å². The highest BCUT2D eigenvalue weighted by Gasteiger charge is 2.66. The molecule has 170 valence electrons. The molecule has 4 aliphatic heterocycles. The number of likely N-dealkylation sites (N-methyl/N-ethyl adjacent to an activating group) is 1. The van der Waals surface area contributed by atoms with E-state index in [9.17, 15) is 14.4 Å². The summed E-state index contributed by atoms with van der Waals surface area (Å²) in [7, 11) is 1.78. The van der Waals surface area contributed by atoms with Crippen molar-refractivity contribution in [2.45, 2.75) is 37.8 Å². The van der Waals surface area contributed by atoms with E-state index in [1.807, 2.05) is 24.3 Å². The number of rotatable bonds is 3. The fourth-order valence-corrected chi connectivity index (χ4v) is 6.22. The maximum atomic E-state index is 13.9. The molecule has 2 amide bonds. The van der Waals surface area contributed by atoms with Crippen LogP contribution >= 0.6 is 0 Å². The van der Waals surface area contributed by atoms with Gasteiger partial charge in [-0.2, -0.15) is 0 Å². The average molecular weight is 447 g/mol. The van der Waals surface area contributed by atoms with Crippen molar-refractivity contribution in [3.63, 3.8) is 0 Å². The highest BCUT2D eigenvalue weighted by Crippen LogP contribution is 2.57. The lowest BCUT2D eigenvalue weighted by atomic mass is 9.78. The van der Waals surface area contributed by atoms with Gasteiger partial charge in [0.05, 0.1) is 11.6 Å². The number of para-hydroxylation sites is 1. The minimum Gasteiger partial charge on any atom is -0.454 e. The summed E-state index contributed by atoms with van der Waals surface area (Å²) in [4.78, 5) is 43.9. The Morgan fingerprint density at radius 3 is 2.70 bits per heavy atom. The molecule has 33 heavy (non-hydrogen) atoms. The van der Waals surface area contributed by atoms with Crippen LogP contribution in [0.3, 0.4) is 0 Å². The summed E-state index contributed by atoms with van der Waals surface area (Å²) < 4.78 is 10.9. The highest BCUT2D eigenvalue weighted by molar-refractivity contribution is 6.12. The van der Waals surface area contributed by atoms with Gasteiger partial charge in [0, 0.05) is 36.0 Å². The smallest absolute Gasteiger partial charge is 0.252 e. The Balaban J connectivity index is 1.43. The average Bonchev–Trinajstić information content (AvgIpc) is 3.55. The lowest BCUT2D eigenvalue weighted by molar-refractivity contribution is -0.136. The molecule has 1 N–H and O–H groups in total. The van der Waals surface area contributed by atoms with Crippen molar-refractivity contribution in [2.75, 3.05) is 30.6 Å². The van der Waals surface area contributed by atoms with Crippen LogP contribution in [-0.2, 0) is 15.1 Å². The molecular weight excluding hydrogens is 422 g/mol. The van der Waals surface area contributed by atoms with Gasteiger partial charge in [0.15, 0.2) is 17.3 Å². The Labute approximate surface area is 191 Å². The molecule has 4 heterocycles. The van der Waals surface area contributed by atoms with Crippen LogP contribution in [0.15, 0.2) is 36.4 Å². The summed E-state index contributed by atoms with van der Waals surface area (Å²) in [6.45, 7) is 2.31. The second-order valence-corrected chi connectivity index (χ2v) is 9.22. The molecule has 3 atom stereocenters. The van der Waals surface area contributed by atoms with E-state index in [2.05, 4.69) is 10.2 Å². The lowest BCUT2D eigenvalue weighted by Gasteiger charge is -2.37. The first kappa shape index (κ1) is 20.2. The Bertz CT molecular complexity index is 1210. The van der Waals surface area contributed by atoms with Crippen molar-refractivity contribution >= 4 is 29.0 Å². The van der Waals surface area contributed by atoms with E-state index >= 15 is 0 Å². The summed E-state index contributed by atoms with van der Waals surface area (Å²) >= 11 is 0. The number of benzene rings is 2. The minimum atomic E-state index is -1.02. The molecule has 6 rings (SSSR count). The predicted octanol–water partition coefficient (Wildman–Crippen LogP) is 2.91. The summed E-state index contributed by atoms with van der Waals surface area (Å²) in [6.07, 6.45) is 2.57. The summed E-state index contributed by atoms with van der Waals surface area (Å²) in [5.41, 5.74) is 1.45. The first-order chi connectivity index (χ1) is 15.9. The van der Waals surface area contributed by atoms with Crippen LogP contribution < -0.4 is 19.7 Å². The number of hydrogen-bond donors (Lipinski definition) is 1. The van der Waals surface area contributed by atoms with Gasteiger partial charge in [0.2, 0.25) is 12.7 Å². The fraction of sp³-hybridized carbons (Fsp3) is 0.400. The highest BCUT2D eigenvalue weighted by atomic mass is 16.7. The molecule has 0 bridgehead atoms. The first-order valence-corrected chi connectivity index (χ1v) is 11.3. The van der Waals surface area contributed by atoms with E-state index < -0.39 is 11.5 Å². The van der Waals surface area contributed by atoms with E-state index in [0.29, 0.717) is 29.2 Å². The number of fused-ring (bicyclic) bond motifs is 5. The van der Waals surface area contributed by atoms with Crippen molar-refractivity contribution in [3.05, 3.63) is 47.5 Å². The van der Waals surface area contributed by atoms with Crippen LogP contribution in [0.2, 0.25) is 0 Å². The third-order valence-corrected chi connectivity index (χ3v) is 7.62. The number of ketones is 1. The normalized spacial score (nSPS) is 27.2. The van der Waals surface area contributed by atoms with Crippen LogP contribution in [0.5, 0.6) is 11.5 Å². The van der Waals surface area contributed by atoms with Crippen molar-refractivity contribution in [1.29, 1.82) is 0 Å². The molecule has 8 heteroatoms. The van der Waals surface area contributed by atoms with E-state index in [0.717, 1.165) is 30.6 Å². The molecule has 0 saturated carbocycles. The molecule has 0 aromatic heterocycles. The molecule has 2 aromatic rings. The van der Waals surface area contributed by atoms with Crippen LogP contribution in [0.1, 0.15) is 42.1 Å². The minimum absolute atomic E-state index is 0.0641. The Kier molecular flexibility index (Phi) is 4.32. The molecule has 0 radical (unpaired) electrons. The largest absolute Gasteiger partial charge is 0.454 e. The molecule has 8 nitrogen and oxygen atoms in total. The van der Waals surface area contributed by atoms with Crippen molar-refractivity contribution in [1.82, 2.24) is 4.90 Å². The van der Waals surface area contributed by atoms with Crippen LogP contribution in [-0.4, -0.2) is 48.9 Å². The summed E-state index contributed by atoms with van der Waals surface area (Å²) in [5.74, 6) is -0.120. The zero-order valence-corrected chi connectivity index (χ0v) is 18.6. The van der Waals surface area contributed by atoms with E-state index in [1.165, 1.54) is 6.92 Å². The Morgan fingerprint density at radius 2 is 1.91 bits per heavy atom. The second kappa shape index (κ2) is 7.05. The number of carbonyl (C=O) groups is 3. The standard InChI is InChI=1S/C25H25N3O5/c1-14(29)16-11-21-22(33-13-32-21)12-19(16)26-23(30)18-10-15-6-5-9-28(15)25(18)17-7-3-4-8-20(17)27(2)24(25)31/h3-4,7-8,11-12,15,18H,5-6,9-10,13H2,1-2H3,(H,26,30)/t15-,18-,25-/m0/s1. The number of hydrogen-bond acceptors (Lipinski definition) is 6. The molecular formula is C25H25N3O5. The number of amides is 2. The summed E-state index contributed by atoms with van der Waals surface area (Å²) in [5, 5.41) is 2.98. The van der Waals surface area contributed by atoms with E-state index in [1.54, 1.807) is 24.1 Å². The molecule has 0 aliphatic carbocycles. The number of ether oxygens (including phenoxy) is 2. The molecule has 4 aliphatic rings. The van der Waals surface area contributed by atoms with Crippen molar-refractivity contribution < 1.29 is 23.9 Å². The Morgan fingerprint density at radius 1 is 1.15 bits per heavy atom. The van der Waals surface area contributed by atoms with Crippen molar-refractivity contribution in [2.24, 2.45) is 5.92 Å². The van der Waals surface area contributed by atoms with Crippen LogP contribution in [0.4, 0.5) is 11.4 Å². The molecule has 2 saturated heterocycles. The zero-order valence-electron chi connectivity index (χ0n) is 18.6. The number of nitrogens with one attached hydrogen (secondary N) is 1. The quantitative estimate of drug-likeness (QED) is 0.728. The van der Waals surface area contributed by atoms with E-state index in [4.69, 9.17) is 9.47 Å². The predicted molar refractivity (Wildman–Crippen MR) is 121 cm³/mol. The van der Waals surface area contributed by atoms with Gasteiger partial charge in [-0.1, -0.05) is 18.2 Å².